The lowest BCUT2D eigenvalue weighted by Crippen LogP contribution is -2.37. The number of carboxylic acids is 1. The molecule has 51 heavy (non-hydrogen) atoms. The van der Waals surface area contributed by atoms with Gasteiger partial charge in [0, 0.05) is 31.7 Å². The smallest absolute Gasteiger partial charge is 0.416 e. The van der Waals surface area contributed by atoms with Gasteiger partial charge in [0.15, 0.2) is 0 Å². The molecule has 0 aliphatic carbocycles. The van der Waals surface area contributed by atoms with E-state index in [0.29, 0.717) is 43.9 Å². The van der Waals surface area contributed by atoms with E-state index < -0.39 is 35.4 Å². The zero-order chi connectivity index (χ0) is 36.8. The number of thiocarbonyl (C=S) groups is 1. The summed E-state index contributed by atoms with van der Waals surface area (Å²) in [6.07, 6.45) is -7.56. The summed E-state index contributed by atoms with van der Waals surface area (Å²) in [7, 11) is 0. The second-order valence-corrected chi connectivity index (χ2v) is 13.2. The number of ether oxygens (including phenoxy) is 3. The summed E-state index contributed by atoms with van der Waals surface area (Å²) in [5.41, 5.74) is -2.75. The summed E-state index contributed by atoms with van der Waals surface area (Å²) in [6, 6.07) is 11.5. The highest BCUT2D eigenvalue weighted by Gasteiger charge is 2.37. The molecule has 0 aromatic heterocycles. The topological polar surface area (TPSA) is 88.5 Å². The van der Waals surface area contributed by atoms with E-state index in [2.05, 4.69) is 4.90 Å². The fraction of sp³-hybridized carbons (Fsp3) is 0.343. The molecule has 0 bridgehead atoms. The van der Waals surface area contributed by atoms with Crippen molar-refractivity contribution in [3.63, 3.8) is 0 Å². The van der Waals surface area contributed by atoms with Gasteiger partial charge < -0.3 is 19.3 Å². The molecule has 1 N–H and O–H groups in total. The van der Waals surface area contributed by atoms with Crippen molar-refractivity contribution in [2.45, 2.75) is 25.2 Å². The van der Waals surface area contributed by atoms with Crippen molar-refractivity contribution in [1.29, 1.82) is 0 Å². The summed E-state index contributed by atoms with van der Waals surface area (Å²) >= 11 is 6.45. The number of carbonyl (C=O) groups is 2. The first-order valence-electron chi connectivity index (χ1n) is 15.8. The van der Waals surface area contributed by atoms with Crippen LogP contribution in [0.4, 0.5) is 26.3 Å². The van der Waals surface area contributed by atoms with Gasteiger partial charge in [0.05, 0.1) is 48.0 Å². The third-order valence-electron chi connectivity index (χ3n) is 7.97. The van der Waals surface area contributed by atoms with Gasteiger partial charge >= 0.3 is 18.3 Å². The number of alkyl halides is 6. The number of thioether (sulfide) groups is 1. The molecule has 0 unspecified atom stereocenters. The number of carboxylic acid groups (broad SMARTS) is 1. The van der Waals surface area contributed by atoms with Gasteiger partial charge in [0.1, 0.15) is 15.8 Å². The molecule has 2 heterocycles. The molecular formula is C35H32F6N2O6S2. The van der Waals surface area contributed by atoms with Crippen molar-refractivity contribution in [2.75, 3.05) is 52.6 Å². The monoisotopic (exact) mass is 754 g/mol. The van der Waals surface area contributed by atoms with E-state index in [-0.39, 0.29) is 63.1 Å². The fourth-order valence-corrected chi connectivity index (χ4v) is 6.63. The normalized spacial score (nSPS) is 16.6. The average molecular weight is 755 g/mol. The largest absolute Gasteiger partial charge is 0.494 e. The van der Waals surface area contributed by atoms with Crippen LogP contribution in [0.25, 0.3) is 17.2 Å². The summed E-state index contributed by atoms with van der Waals surface area (Å²) in [4.78, 5) is 28.3. The van der Waals surface area contributed by atoms with Crippen LogP contribution in [0.1, 0.15) is 39.9 Å². The standard InChI is InChI=1S/C35H32F6N2O6S2/c36-34(37,38)26-18-24(19-27(21-26)35(39,40)41)23-5-8-29(49-14-1-9-42-11-15-47-16-12-42)25(17-23)20-30-31(44)43(33(50)51-30)10-2-13-48-28-6-3-22(4-7-28)32(45)46/h3-8,17-21H,1-2,9-16H2,(H,45,46)/b30-20-. The van der Waals surface area contributed by atoms with Crippen LogP contribution in [0.5, 0.6) is 11.5 Å². The SMILES string of the molecule is O=C(O)c1ccc(OCCCN2C(=O)/C(=C/c3cc(-c4cc(C(F)(F)F)cc(C(F)(F)F)c4)ccc3OCCCN3CCOCC3)SC2=S)cc1. The van der Waals surface area contributed by atoms with Gasteiger partial charge in [-0.2, -0.15) is 26.3 Å². The predicted octanol–water partition coefficient (Wildman–Crippen LogP) is 7.86. The van der Waals surface area contributed by atoms with Crippen LogP contribution in [0.2, 0.25) is 0 Å². The maximum Gasteiger partial charge on any atom is 0.416 e. The van der Waals surface area contributed by atoms with Crippen molar-refractivity contribution in [2.24, 2.45) is 0 Å². The van der Waals surface area contributed by atoms with Gasteiger partial charge in [-0.15, -0.1) is 0 Å². The lowest BCUT2D eigenvalue weighted by molar-refractivity contribution is -0.143. The Morgan fingerprint density at radius 2 is 1.49 bits per heavy atom. The van der Waals surface area contributed by atoms with Crippen LogP contribution >= 0.6 is 24.0 Å². The van der Waals surface area contributed by atoms with E-state index in [1.165, 1.54) is 53.4 Å². The lowest BCUT2D eigenvalue weighted by Gasteiger charge is -2.26. The molecule has 2 aliphatic heterocycles. The maximum atomic E-state index is 13.6. The van der Waals surface area contributed by atoms with Crippen LogP contribution in [0, 0.1) is 0 Å². The van der Waals surface area contributed by atoms with Gasteiger partial charge in [0.25, 0.3) is 5.91 Å². The first-order valence-corrected chi connectivity index (χ1v) is 17.0. The fourth-order valence-electron chi connectivity index (χ4n) is 5.33. The molecule has 0 atom stereocenters. The minimum absolute atomic E-state index is 0.0579. The van der Waals surface area contributed by atoms with E-state index in [9.17, 15) is 35.9 Å². The predicted molar refractivity (Wildman–Crippen MR) is 183 cm³/mol. The van der Waals surface area contributed by atoms with Crippen LogP contribution in [0.3, 0.4) is 0 Å². The molecule has 0 saturated carbocycles. The molecule has 3 aromatic rings. The van der Waals surface area contributed by atoms with E-state index >= 15 is 0 Å². The van der Waals surface area contributed by atoms with E-state index in [1.807, 2.05) is 0 Å². The average Bonchev–Trinajstić information content (AvgIpc) is 3.36. The highest BCUT2D eigenvalue weighted by molar-refractivity contribution is 8.26. The van der Waals surface area contributed by atoms with Gasteiger partial charge in [0.2, 0.25) is 0 Å². The number of halogens is 6. The summed E-state index contributed by atoms with van der Waals surface area (Å²) < 4.78 is 99.1. The number of hydrogen-bond donors (Lipinski definition) is 1. The third-order valence-corrected chi connectivity index (χ3v) is 9.34. The Bertz CT molecular complexity index is 1740. The van der Waals surface area contributed by atoms with Crippen LogP contribution in [-0.2, 0) is 21.9 Å². The minimum atomic E-state index is -5.02. The van der Waals surface area contributed by atoms with Crippen molar-refractivity contribution in [1.82, 2.24) is 9.80 Å². The van der Waals surface area contributed by atoms with Gasteiger partial charge in [-0.1, -0.05) is 30.0 Å². The molecule has 2 saturated heterocycles. The Morgan fingerprint density at radius 3 is 2.12 bits per heavy atom. The molecule has 16 heteroatoms. The second kappa shape index (κ2) is 16.5. The first kappa shape index (κ1) is 38.1. The van der Waals surface area contributed by atoms with Crippen molar-refractivity contribution < 1.29 is 55.2 Å². The molecule has 3 aromatic carbocycles. The zero-order valence-corrected chi connectivity index (χ0v) is 28.5. The Hall–Kier alpha value is -4.12. The molecule has 1 amide bonds. The third kappa shape index (κ3) is 10.2. The molecule has 0 radical (unpaired) electrons. The molecule has 0 spiro atoms. The van der Waals surface area contributed by atoms with Gasteiger partial charge in [-0.25, -0.2) is 4.79 Å². The Morgan fingerprint density at radius 1 is 0.863 bits per heavy atom. The number of hydrogen-bond acceptors (Lipinski definition) is 8. The lowest BCUT2D eigenvalue weighted by atomic mass is 9.97. The van der Waals surface area contributed by atoms with Crippen LogP contribution in [-0.4, -0.2) is 83.7 Å². The summed E-state index contributed by atoms with van der Waals surface area (Å²) in [5.74, 6) is -0.760. The molecule has 5 rings (SSSR count). The minimum Gasteiger partial charge on any atom is -0.494 e. The first-order chi connectivity index (χ1) is 24.2. The van der Waals surface area contributed by atoms with Crippen molar-refractivity contribution in [3.8, 4) is 22.6 Å². The number of benzene rings is 3. The molecular weight excluding hydrogens is 723 g/mol. The van der Waals surface area contributed by atoms with Crippen LogP contribution < -0.4 is 9.47 Å². The molecule has 8 nitrogen and oxygen atoms in total. The molecule has 2 aliphatic rings. The molecule has 2 fully saturated rings. The number of amides is 1. The second-order valence-electron chi connectivity index (χ2n) is 11.6. The molecule has 272 valence electrons. The number of rotatable bonds is 13. The van der Waals surface area contributed by atoms with Crippen LogP contribution in [0.15, 0.2) is 65.6 Å². The number of aromatic carboxylic acids is 1. The number of morpholine rings is 1. The Kier molecular flexibility index (Phi) is 12.3. The summed E-state index contributed by atoms with van der Waals surface area (Å²) in [6.45, 7) is 4.22. The van der Waals surface area contributed by atoms with Crippen molar-refractivity contribution in [3.05, 3.63) is 87.8 Å². The number of nitrogens with zero attached hydrogens (tertiary/aromatic N) is 2. The van der Waals surface area contributed by atoms with Crippen molar-refractivity contribution >= 4 is 46.3 Å². The quantitative estimate of drug-likeness (QED) is 0.0812. The Balaban J connectivity index is 1.36. The Labute approximate surface area is 299 Å². The van der Waals surface area contributed by atoms with Gasteiger partial charge in [-0.3, -0.25) is 14.6 Å². The summed E-state index contributed by atoms with van der Waals surface area (Å²) in [5, 5.41) is 9.04. The van der Waals surface area contributed by atoms with E-state index in [4.69, 9.17) is 31.5 Å². The maximum absolute atomic E-state index is 13.6. The van der Waals surface area contributed by atoms with E-state index in [1.54, 1.807) is 0 Å². The van der Waals surface area contributed by atoms with E-state index in [0.717, 1.165) is 31.4 Å². The van der Waals surface area contributed by atoms with Gasteiger partial charge in [-0.05, 0) is 84.6 Å². The zero-order valence-electron chi connectivity index (χ0n) is 26.9. The highest BCUT2D eigenvalue weighted by Crippen LogP contribution is 2.40. The number of carbonyl (C=O) groups excluding carboxylic acids is 1. The highest BCUT2D eigenvalue weighted by atomic mass is 32.2.